The summed E-state index contributed by atoms with van der Waals surface area (Å²) in [6, 6.07) is 16.7. The number of amides is 1. The van der Waals surface area contributed by atoms with E-state index in [0.29, 0.717) is 0 Å². The highest BCUT2D eigenvalue weighted by molar-refractivity contribution is 6.01. The molecule has 4 rings (SSSR count). The van der Waals surface area contributed by atoms with Crippen LogP contribution in [0.15, 0.2) is 48.5 Å². The molecule has 1 saturated carbocycles. The van der Waals surface area contributed by atoms with Gasteiger partial charge in [0, 0.05) is 38.4 Å². The number of piperazine rings is 1. The molecule has 0 aromatic heterocycles. The fourth-order valence-corrected chi connectivity index (χ4v) is 4.18. The molecule has 1 N–H and O–H groups in total. The SMILES string of the molecule is CCN1CCN(Cc2ccc(NC(=O)C3(c4cccc(C)c4)CC3)cc2)CC1. The molecule has 1 saturated heterocycles. The Morgan fingerprint density at radius 3 is 2.29 bits per heavy atom. The molecule has 2 aliphatic rings. The van der Waals surface area contributed by atoms with Gasteiger partial charge in [0.05, 0.1) is 5.41 Å². The molecular formula is C24H31N3O. The molecule has 2 fully saturated rings. The van der Waals surface area contributed by atoms with E-state index < -0.39 is 0 Å². The van der Waals surface area contributed by atoms with Crippen molar-refractivity contribution in [1.82, 2.24) is 9.80 Å². The molecule has 4 nitrogen and oxygen atoms in total. The molecule has 0 radical (unpaired) electrons. The lowest BCUT2D eigenvalue weighted by atomic mass is 9.93. The van der Waals surface area contributed by atoms with E-state index >= 15 is 0 Å². The van der Waals surface area contributed by atoms with Crippen molar-refractivity contribution in [1.29, 1.82) is 0 Å². The van der Waals surface area contributed by atoms with Crippen LogP contribution in [-0.4, -0.2) is 48.4 Å². The maximum absolute atomic E-state index is 12.9. The van der Waals surface area contributed by atoms with E-state index in [9.17, 15) is 4.79 Å². The highest BCUT2D eigenvalue weighted by Gasteiger charge is 2.51. The fraction of sp³-hybridized carbons (Fsp3) is 0.458. The second kappa shape index (κ2) is 8.06. The Morgan fingerprint density at radius 1 is 1.00 bits per heavy atom. The summed E-state index contributed by atoms with van der Waals surface area (Å²) in [5.74, 6) is 0.126. The molecule has 0 unspecified atom stereocenters. The summed E-state index contributed by atoms with van der Waals surface area (Å²) in [6.07, 6.45) is 1.87. The standard InChI is InChI=1S/C24H31N3O/c1-3-26-13-15-27(16-14-26)18-20-7-9-22(10-8-20)25-23(28)24(11-12-24)21-6-4-5-19(2)17-21/h4-10,17H,3,11-16,18H2,1-2H3,(H,25,28). The van der Waals surface area contributed by atoms with Crippen molar-refractivity contribution in [3.8, 4) is 0 Å². The summed E-state index contributed by atoms with van der Waals surface area (Å²) in [4.78, 5) is 18.0. The predicted molar refractivity (Wildman–Crippen MR) is 115 cm³/mol. The van der Waals surface area contributed by atoms with E-state index in [1.54, 1.807) is 0 Å². The van der Waals surface area contributed by atoms with E-state index in [-0.39, 0.29) is 11.3 Å². The molecular weight excluding hydrogens is 346 g/mol. The number of likely N-dealkylation sites (N-methyl/N-ethyl adjacent to an activating group) is 1. The second-order valence-corrected chi connectivity index (χ2v) is 8.31. The minimum atomic E-state index is -0.330. The van der Waals surface area contributed by atoms with Crippen LogP contribution in [0.2, 0.25) is 0 Å². The normalized spacial score (nSPS) is 19.4. The van der Waals surface area contributed by atoms with Crippen LogP contribution in [0, 0.1) is 6.92 Å². The summed E-state index contributed by atoms with van der Waals surface area (Å²) < 4.78 is 0. The lowest BCUT2D eigenvalue weighted by Crippen LogP contribution is -2.45. The summed E-state index contributed by atoms with van der Waals surface area (Å²) in [6.45, 7) is 11.0. The van der Waals surface area contributed by atoms with Crippen molar-refractivity contribution in [2.24, 2.45) is 0 Å². The third kappa shape index (κ3) is 4.13. The fourth-order valence-electron chi connectivity index (χ4n) is 4.18. The van der Waals surface area contributed by atoms with E-state index in [4.69, 9.17) is 0 Å². The van der Waals surface area contributed by atoms with Crippen molar-refractivity contribution >= 4 is 11.6 Å². The van der Waals surface area contributed by atoms with Crippen LogP contribution in [0.4, 0.5) is 5.69 Å². The average molecular weight is 378 g/mol. The van der Waals surface area contributed by atoms with Crippen molar-refractivity contribution < 1.29 is 4.79 Å². The molecule has 148 valence electrons. The van der Waals surface area contributed by atoms with E-state index in [0.717, 1.165) is 63.4 Å². The maximum atomic E-state index is 12.9. The number of anilines is 1. The molecule has 4 heteroatoms. The third-order valence-electron chi connectivity index (χ3n) is 6.29. The summed E-state index contributed by atoms with van der Waals surface area (Å²) >= 11 is 0. The zero-order valence-corrected chi connectivity index (χ0v) is 17.1. The van der Waals surface area contributed by atoms with Crippen molar-refractivity contribution in [3.63, 3.8) is 0 Å². The molecule has 0 spiro atoms. The number of rotatable bonds is 6. The number of nitrogens with zero attached hydrogens (tertiary/aromatic N) is 2. The molecule has 28 heavy (non-hydrogen) atoms. The first kappa shape index (κ1) is 19.2. The Kier molecular flexibility index (Phi) is 5.51. The zero-order valence-electron chi connectivity index (χ0n) is 17.1. The smallest absolute Gasteiger partial charge is 0.235 e. The van der Waals surface area contributed by atoms with Gasteiger partial charge in [0.1, 0.15) is 0 Å². The van der Waals surface area contributed by atoms with Gasteiger partial charge in [-0.1, -0.05) is 48.9 Å². The summed E-state index contributed by atoms with van der Waals surface area (Å²) in [5, 5.41) is 3.15. The van der Waals surface area contributed by atoms with Crippen molar-refractivity contribution in [2.75, 3.05) is 38.0 Å². The molecule has 0 bridgehead atoms. The molecule has 1 aliphatic carbocycles. The molecule has 0 atom stereocenters. The first-order valence-electron chi connectivity index (χ1n) is 10.5. The van der Waals surface area contributed by atoms with Gasteiger partial charge in [-0.05, 0) is 49.6 Å². The van der Waals surface area contributed by atoms with Crippen LogP contribution in [-0.2, 0) is 16.8 Å². The van der Waals surface area contributed by atoms with Crippen LogP contribution in [0.3, 0.4) is 0 Å². The Balaban J connectivity index is 1.35. The minimum absolute atomic E-state index is 0.126. The molecule has 1 aliphatic heterocycles. The van der Waals surface area contributed by atoms with Gasteiger partial charge in [0.15, 0.2) is 0 Å². The molecule has 1 amide bonds. The molecule has 2 aromatic rings. The van der Waals surface area contributed by atoms with Gasteiger partial charge >= 0.3 is 0 Å². The van der Waals surface area contributed by atoms with Crippen LogP contribution in [0.1, 0.15) is 36.5 Å². The zero-order chi connectivity index (χ0) is 19.6. The van der Waals surface area contributed by atoms with Crippen LogP contribution in [0.25, 0.3) is 0 Å². The van der Waals surface area contributed by atoms with E-state index in [1.807, 2.05) is 18.2 Å². The van der Waals surface area contributed by atoms with Crippen LogP contribution >= 0.6 is 0 Å². The Hall–Kier alpha value is -2.17. The quantitative estimate of drug-likeness (QED) is 0.832. The Bertz CT molecular complexity index is 818. The van der Waals surface area contributed by atoms with Gasteiger partial charge in [-0.3, -0.25) is 9.69 Å². The second-order valence-electron chi connectivity index (χ2n) is 8.31. The van der Waals surface area contributed by atoms with Gasteiger partial charge in [0.25, 0.3) is 0 Å². The summed E-state index contributed by atoms with van der Waals surface area (Å²) in [5.41, 5.74) is 4.23. The number of benzene rings is 2. The monoisotopic (exact) mass is 377 g/mol. The van der Waals surface area contributed by atoms with Crippen LogP contribution in [0.5, 0.6) is 0 Å². The number of hydrogen-bond donors (Lipinski definition) is 1. The highest BCUT2D eigenvalue weighted by atomic mass is 16.2. The first-order valence-corrected chi connectivity index (χ1v) is 10.5. The number of aryl methyl sites for hydroxylation is 1. The van der Waals surface area contributed by atoms with Gasteiger partial charge in [-0.2, -0.15) is 0 Å². The lowest BCUT2D eigenvalue weighted by Gasteiger charge is -2.34. The van der Waals surface area contributed by atoms with Crippen molar-refractivity contribution in [3.05, 3.63) is 65.2 Å². The maximum Gasteiger partial charge on any atom is 0.235 e. The number of nitrogens with one attached hydrogen (secondary N) is 1. The predicted octanol–water partition coefficient (Wildman–Crippen LogP) is 3.80. The minimum Gasteiger partial charge on any atom is -0.325 e. The molecule has 2 aromatic carbocycles. The van der Waals surface area contributed by atoms with E-state index in [2.05, 4.69) is 59.3 Å². The summed E-state index contributed by atoms with van der Waals surface area (Å²) in [7, 11) is 0. The van der Waals surface area contributed by atoms with Gasteiger partial charge < -0.3 is 10.2 Å². The Morgan fingerprint density at radius 2 is 1.68 bits per heavy atom. The first-order chi connectivity index (χ1) is 13.6. The van der Waals surface area contributed by atoms with E-state index in [1.165, 1.54) is 11.1 Å². The largest absolute Gasteiger partial charge is 0.325 e. The van der Waals surface area contributed by atoms with Gasteiger partial charge in [-0.25, -0.2) is 0 Å². The number of hydrogen-bond acceptors (Lipinski definition) is 3. The van der Waals surface area contributed by atoms with Crippen molar-refractivity contribution in [2.45, 2.75) is 38.6 Å². The van der Waals surface area contributed by atoms with Gasteiger partial charge in [0.2, 0.25) is 5.91 Å². The topological polar surface area (TPSA) is 35.6 Å². The van der Waals surface area contributed by atoms with Gasteiger partial charge in [-0.15, -0.1) is 0 Å². The van der Waals surface area contributed by atoms with Crippen LogP contribution < -0.4 is 5.32 Å². The number of carbonyl (C=O) groups is 1. The molecule has 1 heterocycles. The lowest BCUT2D eigenvalue weighted by molar-refractivity contribution is -0.118. The Labute approximate surface area is 168 Å². The number of carbonyl (C=O) groups excluding carboxylic acids is 1. The highest BCUT2D eigenvalue weighted by Crippen LogP contribution is 2.49. The average Bonchev–Trinajstić information content (AvgIpc) is 3.52. The third-order valence-corrected chi connectivity index (χ3v) is 6.29.